The van der Waals surface area contributed by atoms with Crippen LogP contribution < -0.4 is 5.56 Å². The monoisotopic (exact) mass is 473 g/mol. The van der Waals surface area contributed by atoms with Gasteiger partial charge in [0.25, 0.3) is 5.56 Å². The fraction of sp³-hybridized carbons (Fsp3) is 0.333. The van der Waals surface area contributed by atoms with E-state index in [9.17, 15) is 4.79 Å². The van der Waals surface area contributed by atoms with Crippen molar-refractivity contribution in [3.8, 4) is 0 Å². The Morgan fingerprint density at radius 2 is 1.53 bits per heavy atom. The molecule has 5 rings (SSSR count). The summed E-state index contributed by atoms with van der Waals surface area (Å²) >= 11 is 6.48. The second-order valence-electron chi connectivity index (χ2n) is 8.79. The largest absolute Gasteiger partial charge is 0.304 e. The smallest absolute Gasteiger partial charge is 0.265 e. The number of aromatic nitrogens is 5. The van der Waals surface area contributed by atoms with Crippen LogP contribution in [0.15, 0.2) is 53.3 Å². The number of halogens is 1. The van der Waals surface area contributed by atoms with Crippen LogP contribution in [0.4, 0.5) is 0 Å². The number of hydrogen-bond donors (Lipinski definition) is 0. The summed E-state index contributed by atoms with van der Waals surface area (Å²) in [5.41, 5.74) is 4.29. The maximum atomic E-state index is 13.8. The van der Waals surface area contributed by atoms with Crippen molar-refractivity contribution in [1.82, 2.24) is 24.1 Å². The van der Waals surface area contributed by atoms with Gasteiger partial charge in [-0.3, -0.25) is 9.36 Å². The quantitative estimate of drug-likeness (QED) is 0.249. The number of hydrogen-bond acceptors (Lipinski definition) is 4. The summed E-state index contributed by atoms with van der Waals surface area (Å²) in [6, 6.07) is 15.5. The fourth-order valence-electron chi connectivity index (χ4n) is 4.58. The van der Waals surface area contributed by atoms with E-state index in [1.807, 2.05) is 60.0 Å². The normalized spacial score (nSPS) is 11.7. The molecule has 0 spiro atoms. The molecule has 0 saturated carbocycles. The minimum atomic E-state index is -0.0505. The van der Waals surface area contributed by atoms with Gasteiger partial charge in [-0.25, -0.2) is 15.0 Å². The molecule has 5 aromatic rings. The van der Waals surface area contributed by atoms with Crippen LogP contribution in [-0.2, 0) is 13.1 Å². The standard InChI is InChI=1S/C27H28ClN5O/c1-3-4-5-6-11-16-32-18(2)29-25-23(27(32)34)24-26(31-22-15-10-9-14-21(22)30-24)33(25)17-19-12-7-8-13-20(19)28/h7-10,12-15H,3-6,11,16-17H2,1-2H3. The molecule has 0 saturated heterocycles. The molecule has 0 radical (unpaired) electrons. The van der Waals surface area contributed by atoms with Gasteiger partial charge in [0.15, 0.2) is 11.3 Å². The second-order valence-corrected chi connectivity index (χ2v) is 9.20. The molecular weight excluding hydrogens is 446 g/mol. The Balaban J connectivity index is 1.71. The van der Waals surface area contributed by atoms with E-state index in [1.165, 1.54) is 19.3 Å². The van der Waals surface area contributed by atoms with Gasteiger partial charge in [-0.2, -0.15) is 0 Å². The molecule has 2 aromatic carbocycles. The highest BCUT2D eigenvalue weighted by molar-refractivity contribution is 6.31. The molecule has 0 aliphatic rings. The van der Waals surface area contributed by atoms with Gasteiger partial charge in [-0.1, -0.05) is 74.5 Å². The van der Waals surface area contributed by atoms with Gasteiger partial charge < -0.3 is 4.57 Å². The van der Waals surface area contributed by atoms with Crippen LogP contribution in [0.3, 0.4) is 0 Å². The van der Waals surface area contributed by atoms with Gasteiger partial charge >= 0.3 is 0 Å². The lowest BCUT2D eigenvalue weighted by Crippen LogP contribution is -2.24. The predicted molar refractivity (Wildman–Crippen MR) is 139 cm³/mol. The molecule has 174 valence electrons. The van der Waals surface area contributed by atoms with Crippen LogP contribution in [0.25, 0.3) is 33.2 Å². The Kier molecular flexibility index (Phi) is 6.33. The van der Waals surface area contributed by atoms with Crippen molar-refractivity contribution in [1.29, 1.82) is 0 Å². The van der Waals surface area contributed by atoms with Crippen molar-refractivity contribution in [2.45, 2.75) is 59.0 Å². The highest BCUT2D eigenvalue weighted by Crippen LogP contribution is 2.28. The van der Waals surface area contributed by atoms with Gasteiger partial charge in [-0.05, 0) is 37.1 Å². The van der Waals surface area contributed by atoms with Crippen LogP contribution in [0, 0.1) is 6.92 Å². The molecule has 0 atom stereocenters. The third kappa shape index (κ3) is 4.07. The van der Waals surface area contributed by atoms with Gasteiger partial charge in [0.1, 0.15) is 16.7 Å². The zero-order chi connectivity index (χ0) is 23.7. The first-order chi connectivity index (χ1) is 16.6. The van der Waals surface area contributed by atoms with E-state index in [4.69, 9.17) is 26.6 Å². The summed E-state index contributed by atoms with van der Waals surface area (Å²) in [7, 11) is 0. The summed E-state index contributed by atoms with van der Waals surface area (Å²) in [6.45, 7) is 5.23. The molecule has 0 N–H and O–H groups in total. The van der Waals surface area contributed by atoms with Crippen LogP contribution >= 0.6 is 11.6 Å². The Hall–Kier alpha value is -3.25. The number of rotatable bonds is 8. The number of benzene rings is 2. The Bertz CT molecular complexity index is 1550. The Labute approximate surface area is 203 Å². The zero-order valence-electron chi connectivity index (χ0n) is 19.6. The molecule has 7 heteroatoms. The molecule has 6 nitrogen and oxygen atoms in total. The first kappa shape index (κ1) is 22.5. The van der Waals surface area contributed by atoms with Crippen molar-refractivity contribution >= 4 is 44.8 Å². The number of unbranched alkanes of at least 4 members (excludes halogenated alkanes) is 4. The summed E-state index contributed by atoms with van der Waals surface area (Å²) < 4.78 is 3.77. The topological polar surface area (TPSA) is 65.6 Å². The molecule has 3 aromatic heterocycles. The zero-order valence-corrected chi connectivity index (χ0v) is 20.3. The average Bonchev–Trinajstić information content (AvgIpc) is 3.12. The third-order valence-corrected chi connectivity index (χ3v) is 6.78. The molecule has 0 fully saturated rings. The molecule has 34 heavy (non-hydrogen) atoms. The summed E-state index contributed by atoms with van der Waals surface area (Å²) in [6.07, 6.45) is 5.68. The van der Waals surface area contributed by atoms with E-state index in [-0.39, 0.29) is 5.56 Å². The van der Waals surface area contributed by atoms with Crippen LogP contribution in [0.2, 0.25) is 5.02 Å². The summed E-state index contributed by atoms with van der Waals surface area (Å²) in [5.74, 6) is 0.709. The first-order valence-electron chi connectivity index (χ1n) is 12.0. The van der Waals surface area contributed by atoms with E-state index >= 15 is 0 Å². The van der Waals surface area contributed by atoms with Crippen molar-refractivity contribution in [2.24, 2.45) is 0 Å². The minimum absolute atomic E-state index is 0.0505. The van der Waals surface area contributed by atoms with Crippen LogP contribution in [0.1, 0.15) is 50.4 Å². The van der Waals surface area contributed by atoms with Crippen molar-refractivity contribution < 1.29 is 0 Å². The maximum Gasteiger partial charge on any atom is 0.265 e. The lowest BCUT2D eigenvalue weighted by atomic mass is 10.1. The summed E-state index contributed by atoms with van der Waals surface area (Å²) in [4.78, 5) is 28.5. The summed E-state index contributed by atoms with van der Waals surface area (Å²) in [5, 5.41) is 1.20. The molecule has 0 unspecified atom stereocenters. The average molecular weight is 474 g/mol. The van der Waals surface area contributed by atoms with Gasteiger partial charge in [0.2, 0.25) is 0 Å². The molecule has 3 heterocycles. The van der Waals surface area contributed by atoms with Gasteiger partial charge in [0, 0.05) is 11.6 Å². The number of aryl methyl sites for hydroxylation is 1. The molecular formula is C27H28ClN5O. The number of para-hydroxylation sites is 2. The van der Waals surface area contributed by atoms with Gasteiger partial charge in [-0.15, -0.1) is 0 Å². The molecule has 0 amide bonds. The lowest BCUT2D eigenvalue weighted by molar-refractivity contribution is 0.546. The van der Waals surface area contributed by atoms with E-state index in [0.29, 0.717) is 46.1 Å². The Morgan fingerprint density at radius 3 is 2.29 bits per heavy atom. The molecule has 0 aliphatic heterocycles. The maximum absolute atomic E-state index is 13.8. The highest BCUT2D eigenvalue weighted by Gasteiger charge is 2.21. The lowest BCUT2D eigenvalue weighted by Gasteiger charge is -2.11. The highest BCUT2D eigenvalue weighted by atomic mass is 35.5. The molecule has 0 aliphatic carbocycles. The predicted octanol–water partition coefficient (Wildman–Crippen LogP) is 6.27. The van der Waals surface area contributed by atoms with E-state index in [2.05, 4.69) is 6.92 Å². The third-order valence-electron chi connectivity index (χ3n) is 6.41. The minimum Gasteiger partial charge on any atom is -0.304 e. The number of nitrogens with zero attached hydrogens (tertiary/aromatic N) is 5. The first-order valence-corrected chi connectivity index (χ1v) is 12.4. The number of fused-ring (bicyclic) bond motifs is 4. The SMILES string of the molecule is CCCCCCCn1c(C)nc2c(c1=O)c1nc3ccccc3nc1n2Cc1ccccc1Cl. The van der Waals surface area contributed by atoms with Crippen molar-refractivity contribution in [3.05, 3.63) is 75.3 Å². The van der Waals surface area contributed by atoms with E-state index in [0.717, 1.165) is 29.4 Å². The van der Waals surface area contributed by atoms with Crippen molar-refractivity contribution in [2.75, 3.05) is 0 Å². The van der Waals surface area contributed by atoms with E-state index in [1.54, 1.807) is 4.57 Å². The fourth-order valence-corrected chi connectivity index (χ4v) is 4.78. The second kappa shape index (κ2) is 9.55. The van der Waals surface area contributed by atoms with Crippen molar-refractivity contribution in [3.63, 3.8) is 0 Å². The Morgan fingerprint density at radius 1 is 0.824 bits per heavy atom. The van der Waals surface area contributed by atoms with Gasteiger partial charge in [0.05, 0.1) is 17.6 Å². The van der Waals surface area contributed by atoms with Crippen LogP contribution in [0.5, 0.6) is 0 Å². The van der Waals surface area contributed by atoms with Crippen LogP contribution in [-0.4, -0.2) is 24.1 Å². The van der Waals surface area contributed by atoms with E-state index < -0.39 is 0 Å². The molecule has 0 bridgehead atoms.